The van der Waals surface area contributed by atoms with Gasteiger partial charge in [-0.15, -0.1) is 5.06 Å². The highest BCUT2D eigenvalue weighted by Gasteiger charge is 2.28. The van der Waals surface area contributed by atoms with Crippen molar-refractivity contribution in [2.45, 2.75) is 45.4 Å². The minimum absolute atomic E-state index is 0.103. The summed E-state index contributed by atoms with van der Waals surface area (Å²) in [5.41, 5.74) is 1.12. The Morgan fingerprint density at radius 2 is 1.74 bits per heavy atom. The smallest absolute Gasteiger partial charge is 0.330 e. The molecule has 1 aromatic heterocycles. The number of anilines is 2. The first kappa shape index (κ1) is 25.9. The summed E-state index contributed by atoms with van der Waals surface area (Å²) in [6, 6.07) is 9.69. The second-order valence-electron chi connectivity index (χ2n) is 9.58. The fourth-order valence-corrected chi connectivity index (χ4v) is 4.48. The van der Waals surface area contributed by atoms with Crippen LogP contribution in [0, 0.1) is 12.3 Å². The van der Waals surface area contributed by atoms with Gasteiger partial charge in [0.1, 0.15) is 5.82 Å². The zero-order valence-corrected chi connectivity index (χ0v) is 21.2. The van der Waals surface area contributed by atoms with E-state index in [9.17, 15) is 17.6 Å². The van der Waals surface area contributed by atoms with Gasteiger partial charge in [0.25, 0.3) is 10.0 Å². The molecule has 0 aliphatic carbocycles. The molecule has 0 unspecified atom stereocenters. The molecule has 1 aromatic carbocycles. The monoisotopic (exact) mass is 492 g/mol. The molecule has 1 atom stereocenters. The van der Waals surface area contributed by atoms with E-state index >= 15 is 0 Å². The molecule has 186 valence electrons. The van der Waals surface area contributed by atoms with E-state index < -0.39 is 22.1 Å². The summed E-state index contributed by atoms with van der Waals surface area (Å²) in [6.45, 7) is 10.8. The van der Waals surface area contributed by atoms with Gasteiger partial charge < -0.3 is 9.74 Å². The highest BCUT2D eigenvalue weighted by molar-refractivity contribution is 7.92. The molecule has 1 N–H and O–H groups in total. The Balaban J connectivity index is 1.64. The van der Waals surface area contributed by atoms with Crippen LogP contribution in [-0.4, -0.2) is 57.3 Å². The Bertz CT molecular complexity index is 1110. The van der Waals surface area contributed by atoms with Crippen LogP contribution in [0.2, 0.25) is 0 Å². The number of sulfonamides is 1. The van der Waals surface area contributed by atoms with Crippen molar-refractivity contribution in [2.24, 2.45) is 5.41 Å². The average Bonchev–Trinajstić information content (AvgIpc) is 2.79. The summed E-state index contributed by atoms with van der Waals surface area (Å²) >= 11 is 0. The van der Waals surface area contributed by atoms with Gasteiger partial charge in [-0.1, -0.05) is 19.1 Å². The number of piperazine rings is 1. The predicted octanol–water partition coefficient (Wildman–Crippen LogP) is 3.89. The summed E-state index contributed by atoms with van der Waals surface area (Å²) < 4.78 is 41.1. The van der Waals surface area contributed by atoms with E-state index in [4.69, 9.17) is 4.84 Å². The van der Waals surface area contributed by atoms with Crippen LogP contribution in [-0.2, 0) is 19.7 Å². The quantitative estimate of drug-likeness (QED) is 0.627. The van der Waals surface area contributed by atoms with Gasteiger partial charge in [0, 0.05) is 19.0 Å². The third-order valence-electron chi connectivity index (χ3n) is 5.69. The molecular weight excluding hydrogens is 459 g/mol. The van der Waals surface area contributed by atoms with Crippen molar-refractivity contribution < 1.29 is 22.4 Å². The molecule has 0 amide bonds. The highest BCUT2D eigenvalue weighted by Crippen LogP contribution is 2.25. The van der Waals surface area contributed by atoms with Crippen molar-refractivity contribution in [3.05, 3.63) is 47.7 Å². The van der Waals surface area contributed by atoms with Crippen LogP contribution < -0.4 is 9.62 Å². The Kier molecular flexibility index (Phi) is 7.82. The Morgan fingerprint density at radius 3 is 2.26 bits per heavy atom. The summed E-state index contributed by atoms with van der Waals surface area (Å²) in [5, 5.41) is 1.67. The van der Waals surface area contributed by atoms with Gasteiger partial charge in [0.05, 0.1) is 41.5 Å². The number of nitrogens with one attached hydrogen (secondary N) is 1. The number of carbonyl (C=O) groups excluding carboxylic acids is 1. The number of alkyl halides is 1. The van der Waals surface area contributed by atoms with E-state index in [0.717, 1.165) is 11.4 Å². The van der Waals surface area contributed by atoms with Gasteiger partial charge in [0.2, 0.25) is 0 Å². The molecule has 0 saturated carbocycles. The first-order valence-electron chi connectivity index (χ1n) is 11.3. The average molecular weight is 493 g/mol. The van der Waals surface area contributed by atoms with Crippen molar-refractivity contribution in [2.75, 3.05) is 42.5 Å². The highest BCUT2D eigenvalue weighted by atomic mass is 32.2. The van der Waals surface area contributed by atoms with Crippen LogP contribution in [0.25, 0.3) is 0 Å². The van der Waals surface area contributed by atoms with Crippen LogP contribution in [0.4, 0.5) is 15.9 Å². The van der Waals surface area contributed by atoms with E-state index in [1.807, 2.05) is 20.8 Å². The maximum Gasteiger partial charge on any atom is 0.330 e. The molecule has 8 nitrogen and oxygen atoms in total. The number of pyridine rings is 1. The molecule has 34 heavy (non-hydrogen) atoms. The Labute approximate surface area is 201 Å². The number of carbonyl (C=O) groups is 1. The Hall–Kier alpha value is -2.72. The predicted molar refractivity (Wildman–Crippen MR) is 130 cm³/mol. The molecule has 1 aliphatic heterocycles. The fraction of sp³-hybridized carbons (Fsp3) is 0.500. The van der Waals surface area contributed by atoms with Crippen molar-refractivity contribution in [1.29, 1.82) is 0 Å². The molecule has 2 heterocycles. The van der Waals surface area contributed by atoms with E-state index in [1.165, 1.54) is 12.1 Å². The van der Waals surface area contributed by atoms with Crippen LogP contribution in [0.1, 0.15) is 44.9 Å². The van der Waals surface area contributed by atoms with E-state index in [2.05, 4.69) is 14.6 Å². The van der Waals surface area contributed by atoms with Crippen LogP contribution >= 0.6 is 0 Å². The fourth-order valence-electron chi connectivity index (χ4n) is 3.36. The van der Waals surface area contributed by atoms with Gasteiger partial charge in [-0.05, 0) is 57.5 Å². The maximum atomic E-state index is 12.9. The number of hydrogen-bond donors (Lipinski definition) is 1. The number of benzene rings is 1. The first-order valence-corrected chi connectivity index (χ1v) is 12.8. The molecule has 3 rings (SSSR count). The molecule has 0 spiro atoms. The molecule has 1 aliphatic rings. The SMILES string of the molecule is Cc1nc(N2CCN(OC(=O)C(C)(C)C)CC2)ccc1NS(=O)(=O)c1ccc([C@H](C)CF)cc1. The molecule has 0 bridgehead atoms. The molecular formula is C24H33FN4O4S. The lowest BCUT2D eigenvalue weighted by Gasteiger charge is -2.35. The molecule has 2 aromatic rings. The number of rotatable bonds is 7. The number of hydrogen-bond acceptors (Lipinski definition) is 7. The first-order chi connectivity index (χ1) is 15.9. The number of nitrogens with zero attached hydrogens (tertiary/aromatic N) is 3. The summed E-state index contributed by atoms with van der Waals surface area (Å²) in [4.78, 5) is 24.3. The number of aromatic nitrogens is 1. The van der Waals surface area contributed by atoms with E-state index in [0.29, 0.717) is 37.6 Å². The second kappa shape index (κ2) is 10.3. The van der Waals surface area contributed by atoms with Gasteiger partial charge in [-0.25, -0.2) is 18.2 Å². The lowest BCUT2D eigenvalue weighted by atomic mass is 9.98. The zero-order chi connectivity index (χ0) is 25.1. The standard InChI is InChI=1S/C24H33FN4O4S/c1-17(16-25)19-6-8-20(9-7-19)34(31,32)27-21-10-11-22(26-18(21)2)28-12-14-29(15-13-28)33-23(30)24(3,4)5/h6-11,17,27H,12-16H2,1-5H3/t17-/m1/s1. The van der Waals surface area contributed by atoms with Gasteiger partial charge in [0.15, 0.2) is 0 Å². The van der Waals surface area contributed by atoms with Crippen molar-refractivity contribution in [3.8, 4) is 0 Å². The third kappa shape index (κ3) is 6.24. The van der Waals surface area contributed by atoms with Gasteiger partial charge in [-0.2, -0.15) is 0 Å². The lowest BCUT2D eigenvalue weighted by molar-refractivity contribution is -0.201. The topological polar surface area (TPSA) is 91.8 Å². The maximum absolute atomic E-state index is 12.9. The van der Waals surface area contributed by atoms with E-state index in [-0.39, 0.29) is 16.8 Å². The summed E-state index contributed by atoms with van der Waals surface area (Å²) in [5.74, 6) is 0.182. The number of halogens is 1. The van der Waals surface area contributed by atoms with Crippen molar-refractivity contribution >= 4 is 27.5 Å². The van der Waals surface area contributed by atoms with Crippen molar-refractivity contribution in [3.63, 3.8) is 0 Å². The van der Waals surface area contributed by atoms with Crippen LogP contribution in [0.3, 0.4) is 0 Å². The minimum atomic E-state index is -3.81. The number of aryl methyl sites for hydroxylation is 1. The van der Waals surface area contributed by atoms with Crippen LogP contribution in [0.15, 0.2) is 41.3 Å². The molecule has 1 saturated heterocycles. The second-order valence-corrected chi connectivity index (χ2v) is 11.3. The van der Waals surface area contributed by atoms with Crippen LogP contribution in [0.5, 0.6) is 0 Å². The van der Waals surface area contributed by atoms with Gasteiger partial charge in [-0.3, -0.25) is 9.11 Å². The molecule has 10 heteroatoms. The summed E-state index contributed by atoms with van der Waals surface area (Å²) in [7, 11) is -3.81. The molecule has 1 fully saturated rings. The van der Waals surface area contributed by atoms with Crippen molar-refractivity contribution in [1.82, 2.24) is 10.0 Å². The third-order valence-corrected chi connectivity index (χ3v) is 7.07. The minimum Gasteiger partial charge on any atom is -0.367 e. The largest absolute Gasteiger partial charge is 0.367 e. The zero-order valence-electron chi connectivity index (χ0n) is 20.3. The Morgan fingerprint density at radius 1 is 1.12 bits per heavy atom. The normalized spacial score (nSPS) is 16.2. The van der Waals surface area contributed by atoms with Gasteiger partial charge >= 0.3 is 5.97 Å². The lowest BCUT2D eigenvalue weighted by Crippen LogP contribution is -2.48. The van der Waals surface area contributed by atoms with E-state index in [1.54, 1.807) is 43.2 Å². The number of hydroxylamine groups is 2. The molecule has 0 radical (unpaired) electrons. The summed E-state index contributed by atoms with van der Waals surface area (Å²) in [6.07, 6.45) is 0.